The Morgan fingerprint density at radius 2 is 1.89 bits per heavy atom. The fourth-order valence-electron chi connectivity index (χ4n) is 2.29. The van der Waals surface area contributed by atoms with E-state index in [4.69, 9.17) is 4.84 Å². The first-order valence-electron chi connectivity index (χ1n) is 6.34. The molecule has 3 rings (SSSR count). The van der Waals surface area contributed by atoms with E-state index in [9.17, 15) is 0 Å². The molecule has 0 radical (unpaired) electrons. The number of hydrogen-bond acceptors (Lipinski definition) is 2. The molecule has 0 atom stereocenters. The van der Waals surface area contributed by atoms with Gasteiger partial charge in [-0.05, 0) is 36.1 Å². The van der Waals surface area contributed by atoms with Gasteiger partial charge in [0.2, 0.25) is 0 Å². The summed E-state index contributed by atoms with van der Waals surface area (Å²) in [5, 5.41) is 4.29. The molecule has 0 fully saturated rings. The Labute approximate surface area is 121 Å². The van der Waals surface area contributed by atoms with Gasteiger partial charge >= 0.3 is 0 Å². The molecule has 0 bridgehead atoms. The van der Waals surface area contributed by atoms with Gasteiger partial charge in [0, 0.05) is 10.0 Å². The van der Waals surface area contributed by atoms with Crippen LogP contribution in [0, 0.1) is 0 Å². The molecular formula is C16H14BrNO. The fourth-order valence-corrected chi connectivity index (χ4v) is 2.70. The summed E-state index contributed by atoms with van der Waals surface area (Å²) in [5.41, 5.74) is 4.76. The van der Waals surface area contributed by atoms with Crippen molar-refractivity contribution in [3.63, 3.8) is 0 Å². The van der Waals surface area contributed by atoms with Crippen LogP contribution in [-0.4, -0.2) is 5.71 Å². The molecule has 19 heavy (non-hydrogen) atoms. The first-order chi connectivity index (χ1) is 9.33. The lowest BCUT2D eigenvalue weighted by Gasteiger charge is -2.02. The predicted octanol–water partition coefficient (Wildman–Crippen LogP) is 4.32. The predicted molar refractivity (Wildman–Crippen MR) is 80.2 cm³/mol. The lowest BCUT2D eigenvalue weighted by atomic mass is 10.1. The van der Waals surface area contributed by atoms with E-state index in [0.717, 1.165) is 28.6 Å². The first-order valence-corrected chi connectivity index (χ1v) is 7.14. The minimum atomic E-state index is 0.524. The summed E-state index contributed by atoms with van der Waals surface area (Å²) < 4.78 is 1.12. The summed E-state index contributed by atoms with van der Waals surface area (Å²) in [6.07, 6.45) is 2.00. The summed E-state index contributed by atoms with van der Waals surface area (Å²) in [6.45, 7) is 0.524. The van der Waals surface area contributed by atoms with E-state index in [0.29, 0.717) is 6.61 Å². The molecule has 0 spiro atoms. The average Bonchev–Trinajstić information content (AvgIpc) is 2.82. The first kappa shape index (κ1) is 12.4. The highest BCUT2D eigenvalue weighted by atomic mass is 79.9. The molecule has 0 unspecified atom stereocenters. The summed E-state index contributed by atoms with van der Waals surface area (Å²) in [4.78, 5) is 5.47. The standard InChI is InChI=1S/C16H14BrNO/c17-14-7-8-15-13(10-14)6-9-16(15)18-19-11-12-4-2-1-3-5-12/h1-5,7-8,10H,6,9,11H2/b18-16-. The number of aryl methyl sites for hydroxylation is 1. The average molecular weight is 316 g/mol. The van der Waals surface area contributed by atoms with Crippen LogP contribution in [0.5, 0.6) is 0 Å². The van der Waals surface area contributed by atoms with Crippen molar-refractivity contribution in [1.82, 2.24) is 0 Å². The van der Waals surface area contributed by atoms with Crippen molar-refractivity contribution in [2.75, 3.05) is 0 Å². The number of nitrogens with zero attached hydrogens (tertiary/aromatic N) is 1. The van der Waals surface area contributed by atoms with Crippen molar-refractivity contribution >= 4 is 21.6 Å². The number of halogens is 1. The molecule has 96 valence electrons. The van der Waals surface area contributed by atoms with Crippen LogP contribution in [0.2, 0.25) is 0 Å². The number of oxime groups is 1. The monoisotopic (exact) mass is 315 g/mol. The summed E-state index contributed by atoms with van der Waals surface area (Å²) in [7, 11) is 0. The lowest BCUT2D eigenvalue weighted by Crippen LogP contribution is -1.96. The fraction of sp³-hybridized carbons (Fsp3) is 0.188. The van der Waals surface area contributed by atoms with Crippen LogP contribution in [-0.2, 0) is 17.9 Å². The lowest BCUT2D eigenvalue weighted by molar-refractivity contribution is 0.130. The Morgan fingerprint density at radius 3 is 2.74 bits per heavy atom. The van der Waals surface area contributed by atoms with Crippen molar-refractivity contribution in [2.24, 2.45) is 5.16 Å². The number of fused-ring (bicyclic) bond motifs is 1. The van der Waals surface area contributed by atoms with E-state index in [1.54, 1.807) is 0 Å². The second-order valence-electron chi connectivity index (χ2n) is 4.60. The number of hydrogen-bond donors (Lipinski definition) is 0. The molecule has 0 amide bonds. The van der Waals surface area contributed by atoms with E-state index in [1.807, 2.05) is 30.3 Å². The van der Waals surface area contributed by atoms with Crippen molar-refractivity contribution in [3.05, 3.63) is 69.7 Å². The van der Waals surface area contributed by atoms with Crippen LogP contribution in [0.25, 0.3) is 0 Å². The SMILES string of the molecule is Brc1ccc2c(c1)CC/C2=N/OCc1ccccc1. The van der Waals surface area contributed by atoms with Gasteiger partial charge in [-0.25, -0.2) is 0 Å². The molecule has 0 saturated heterocycles. The topological polar surface area (TPSA) is 21.6 Å². The largest absolute Gasteiger partial charge is 0.391 e. The Kier molecular flexibility index (Phi) is 3.65. The molecule has 2 aromatic rings. The molecule has 0 aliphatic heterocycles. The minimum absolute atomic E-state index is 0.524. The van der Waals surface area contributed by atoms with Crippen LogP contribution in [0.1, 0.15) is 23.1 Å². The van der Waals surface area contributed by atoms with E-state index < -0.39 is 0 Å². The van der Waals surface area contributed by atoms with Gasteiger partial charge in [-0.3, -0.25) is 0 Å². The second kappa shape index (κ2) is 5.57. The highest BCUT2D eigenvalue weighted by molar-refractivity contribution is 9.10. The molecular weight excluding hydrogens is 302 g/mol. The molecule has 1 aliphatic rings. The van der Waals surface area contributed by atoms with Crippen molar-refractivity contribution in [1.29, 1.82) is 0 Å². The van der Waals surface area contributed by atoms with Crippen molar-refractivity contribution in [2.45, 2.75) is 19.4 Å². The Bertz CT molecular complexity index is 607. The third-order valence-electron chi connectivity index (χ3n) is 3.26. The molecule has 3 heteroatoms. The third-order valence-corrected chi connectivity index (χ3v) is 3.75. The molecule has 0 N–H and O–H groups in total. The maximum absolute atomic E-state index is 5.47. The van der Waals surface area contributed by atoms with Gasteiger partial charge in [0.15, 0.2) is 0 Å². The van der Waals surface area contributed by atoms with Crippen LogP contribution >= 0.6 is 15.9 Å². The molecule has 0 heterocycles. The van der Waals surface area contributed by atoms with Crippen molar-refractivity contribution < 1.29 is 4.84 Å². The van der Waals surface area contributed by atoms with E-state index in [1.165, 1.54) is 11.1 Å². The van der Waals surface area contributed by atoms with Crippen molar-refractivity contribution in [3.8, 4) is 0 Å². The van der Waals surface area contributed by atoms with Gasteiger partial charge < -0.3 is 4.84 Å². The van der Waals surface area contributed by atoms with Gasteiger partial charge in [0.05, 0.1) is 5.71 Å². The molecule has 2 nitrogen and oxygen atoms in total. The summed E-state index contributed by atoms with van der Waals surface area (Å²) in [5.74, 6) is 0. The van der Waals surface area contributed by atoms with Crippen LogP contribution in [0.4, 0.5) is 0 Å². The zero-order chi connectivity index (χ0) is 13.1. The highest BCUT2D eigenvalue weighted by Crippen LogP contribution is 2.26. The minimum Gasteiger partial charge on any atom is -0.391 e. The van der Waals surface area contributed by atoms with Crippen LogP contribution in [0.3, 0.4) is 0 Å². The smallest absolute Gasteiger partial charge is 0.142 e. The number of benzene rings is 2. The molecule has 0 aromatic heterocycles. The Hall–Kier alpha value is -1.61. The van der Waals surface area contributed by atoms with Gasteiger partial charge in [-0.1, -0.05) is 57.5 Å². The van der Waals surface area contributed by atoms with Gasteiger partial charge in [0.1, 0.15) is 6.61 Å². The summed E-state index contributed by atoms with van der Waals surface area (Å²) >= 11 is 3.50. The highest BCUT2D eigenvalue weighted by Gasteiger charge is 2.18. The van der Waals surface area contributed by atoms with E-state index >= 15 is 0 Å². The van der Waals surface area contributed by atoms with E-state index in [-0.39, 0.29) is 0 Å². The quantitative estimate of drug-likeness (QED) is 0.773. The maximum atomic E-state index is 5.47. The molecule has 0 saturated carbocycles. The normalized spacial score (nSPS) is 15.5. The zero-order valence-corrected chi connectivity index (χ0v) is 12.1. The third kappa shape index (κ3) is 2.87. The van der Waals surface area contributed by atoms with Crippen LogP contribution < -0.4 is 0 Å². The Morgan fingerprint density at radius 1 is 1.05 bits per heavy atom. The second-order valence-corrected chi connectivity index (χ2v) is 5.51. The summed E-state index contributed by atoms with van der Waals surface area (Å²) in [6, 6.07) is 16.4. The number of rotatable bonds is 3. The zero-order valence-electron chi connectivity index (χ0n) is 10.5. The van der Waals surface area contributed by atoms with Crippen LogP contribution in [0.15, 0.2) is 58.2 Å². The van der Waals surface area contributed by atoms with Gasteiger partial charge in [-0.2, -0.15) is 0 Å². The molecule has 1 aliphatic carbocycles. The maximum Gasteiger partial charge on any atom is 0.142 e. The van der Waals surface area contributed by atoms with E-state index in [2.05, 4.69) is 39.3 Å². The van der Waals surface area contributed by atoms with Gasteiger partial charge in [0.25, 0.3) is 0 Å². The Balaban J connectivity index is 1.70. The molecule has 2 aromatic carbocycles. The van der Waals surface area contributed by atoms with Gasteiger partial charge in [-0.15, -0.1) is 0 Å².